The largest absolute Gasteiger partial charge is 0.398 e. The van der Waals surface area contributed by atoms with Crippen LogP contribution in [-0.2, 0) is 12.0 Å². The van der Waals surface area contributed by atoms with Gasteiger partial charge in [0.1, 0.15) is 11.6 Å². The average molecular weight is 504 g/mol. The molecule has 1 aliphatic rings. The second kappa shape index (κ2) is 9.81. The lowest BCUT2D eigenvalue weighted by Crippen LogP contribution is -2.40. The van der Waals surface area contributed by atoms with E-state index < -0.39 is 0 Å². The molecule has 11 heteroatoms. The van der Waals surface area contributed by atoms with Crippen molar-refractivity contribution < 1.29 is 4.52 Å². The van der Waals surface area contributed by atoms with Crippen LogP contribution in [0.3, 0.4) is 0 Å². The lowest BCUT2D eigenvalue weighted by atomic mass is 9.76. The van der Waals surface area contributed by atoms with Crippen LogP contribution in [0.2, 0.25) is 0 Å². The molecule has 194 valence electrons. The van der Waals surface area contributed by atoms with Gasteiger partial charge in [0, 0.05) is 29.4 Å². The van der Waals surface area contributed by atoms with E-state index >= 15 is 0 Å². The Morgan fingerprint density at radius 3 is 2.73 bits per heavy atom. The Kier molecular flexibility index (Phi) is 6.55. The molecule has 0 spiro atoms. The van der Waals surface area contributed by atoms with Gasteiger partial charge in [0.05, 0.1) is 17.5 Å². The van der Waals surface area contributed by atoms with Gasteiger partial charge in [-0.25, -0.2) is 14.6 Å². The summed E-state index contributed by atoms with van der Waals surface area (Å²) in [5.74, 6) is 2.14. The van der Waals surface area contributed by atoms with Crippen LogP contribution in [0.1, 0.15) is 51.9 Å². The topological polar surface area (TPSA) is 142 Å². The summed E-state index contributed by atoms with van der Waals surface area (Å²) in [5, 5.41) is 11.4. The molecular weight excluding hydrogens is 470 g/mol. The summed E-state index contributed by atoms with van der Waals surface area (Å²) in [7, 11) is 0. The first-order valence-electron chi connectivity index (χ1n) is 12.7. The number of aromatic nitrogens is 6. The summed E-state index contributed by atoms with van der Waals surface area (Å²) in [4.78, 5) is 26.8. The Labute approximate surface area is 214 Å². The van der Waals surface area contributed by atoms with Crippen molar-refractivity contribution in [2.24, 2.45) is 0 Å². The maximum Gasteiger partial charge on any atom is 0.276 e. The molecule has 0 saturated carbocycles. The highest BCUT2D eigenvalue weighted by Crippen LogP contribution is 2.36. The molecule has 5 heterocycles. The van der Waals surface area contributed by atoms with Gasteiger partial charge in [0.2, 0.25) is 0 Å². The highest BCUT2D eigenvalue weighted by Gasteiger charge is 2.37. The summed E-state index contributed by atoms with van der Waals surface area (Å²) in [6, 6.07) is 5.22. The molecule has 0 atom stereocenters. The molecule has 0 radical (unpaired) electrons. The van der Waals surface area contributed by atoms with Crippen molar-refractivity contribution in [3.05, 3.63) is 53.2 Å². The Hall–Kier alpha value is -3.99. The molecule has 4 aromatic heterocycles. The smallest absolute Gasteiger partial charge is 0.276 e. The quantitative estimate of drug-likeness (QED) is 0.306. The van der Waals surface area contributed by atoms with E-state index in [2.05, 4.69) is 34.3 Å². The third-order valence-electron chi connectivity index (χ3n) is 7.17. The molecule has 0 bridgehead atoms. The normalized spacial score (nSPS) is 15.4. The molecular formula is C26H33N9O2. The predicted octanol–water partition coefficient (Wildman–Crippen LogP) is 3.77. The summed E-state index contributed by atoms with van der Waals surface area (Å²) in [6.07, 6.45) is 6.26. The predicted molar refractivity (Wildman–Crippen MR) is 144 cm³/mol. The monoisotopic (exact) mass is 503 g/mol. The van der Waals surface area contributed by atoms with Crippen molar-refractivity contribution in [1.82, 2.24) is 34.8 Å². The van der Waals surface area contributed by atoms with Gasteiger partial charge < -0.3 is 20.9 Å². The number of fused-ring (bicyclic) bond motifs is 1. The molecule has 0 unspecified atom stereocenters. The highest BCUT2D eigenvalue weighted by atomic mass is 16.5. The average Bonchev–Trinajstić information content (AvgIpc) is 3.49. The van der Waals surface area contributed by atoms with Crippen molar-refractivity contribution in [2.75, 3.05) is 24.1 Å². The second-order valence-corrected chi connectivity index (χ2v) is 9.77. The molecule has 0 amide bonds. The van der Waals surface area contributed by atoms with E-state index in [1.807, 2.05) is 18.5 Å². The summed E-state index contributed by atoms with van der Waals surface area (Å²) in [5.41, 5.74) is 7.83. The molecule has 4 aromatic rings. The number of hydrogen-bond acceptors (Lipinski definition) is 9. The lowest BCUT2D eigenvalue weighted by Gasteiger charge is -2.33. The van der Waals surface area contributed by atoms with Gasteiger partial charge in [-0.1, -0.05) is 18.2 Å². The van der Waals surface area contributed by atoms with Crippen molar-refractivity contribution in [2.45, 2.75) is 58.0 Å². The maximum atomic E-state index is 12.9. The van der Waals surface area contributed by atoms with Crippen LogP contribution < -0.4 is 21.9 Å². The van der Waals surface area contributed by atoms with E-state index in [9.17, 15) is 4.79 Å². The van der Waals surface area contributed by atoms with Crippen LogP contribution in [-0.4, -0.2) is 42.6 Å². The number of nitrogens with zero attached hydrogens (tertiary/aromatic N) is 6. The first kappa shape index (κ1) is 24.7. The molecule has 5 rings (SSSR count). The minimum absolute atomic E-state index is 0.0146. The number of hydrogen-bond donors (Lipinski definition) is 3. The van der Waals surface area contributed by atoms with E-state index in [-0.39, 0.29) is 17.0 Å². The number of nitrogen functional groups attached to an aromatic ring is 1. The van der Waals surface area contributed by atoms with Gasteiger partial charge >= 0.3 is 0 Å². The summed E-state index contributed by atoms with van der Waals surface area (Å²) < 4.78 is 9.14. The molecule has 37 heavy (non-hydrogen) atoms. The number of rotatable bonds is 8. The van der Waals surface area contributed by atoms with Crippen molar-refractivity contribution in [3.8, 4) is 11.5 Å². The fraction of sp³-hybridized carbons (Fsp3) is 0.423. The van der Waals surface area contributed by atoms with Gasteiger partial charge in [0.15, 0.2) is 11.5 Å². The van der Waals surface area contributed by atoms with Crippen LogP contribution >= 0.6 is 0 Å². The van der Waals surface area contributed by atoms with E-state index in [0.29, 0.717) is 46.4 Å². The Bertz CT molecular complexity index is 1490. The third-order valence-corrected chi connectivity index (χ3v) is 7.17. The molecule has 11 nitrogen and oxygen atoms in total. The number of nitrogens with one attached hydrogen (secondary N) is 2. The number of anilines is 3. The lowest BCUT2D eigenvalue weighted by molar-refractivity contribution is 0.271. The number of allylic oxidation sites excluding steroid dienone is 1. The van der Waals surface area contributed by atoms with Crippen LogP contribution in [0.5, 0.6) is 0 Å². The summed E-state index contributed by atoms with van der Waals surface area (Å²) >= 11 is 0. The second-order valence-electron chi connectivity index (χ2n) is 9.77. The Morgan fingerprint density at radius 1 is 1.27 bits per heavy atom. The van der Waals surface area contributed by atoms with Crippen molar-refractivity contribution in [1.29, 1.82) is 0 Å². The van der Waals surface area contributed by atoms with Crippen molar-refractivity contribution >= 4 is 28.4 Å². The van der Waals surface area contributed by atoms with Crippen LogP contribution in [0.25, 0.3) is 22.5 Å². The van der Waals surface area contributed by atoms with Crippen LogP contribution in [0, 0.1) is 0 Å². The molecule has 1 saturated heterocycles. The van der Waals surface area contributed by atoms with Gasteiger partial charge in [-0.2, -0.15) is 4.98 Å². The van der Waals surface area contributed by atoms with Gasteiger partial charge in [-0.15, -0.1) is 6.58 Å². The van der Waals surface area contributed by atoms with Gasteiger partial charge in [-0.05, 0) is 58.3 Å². The Morgan fingerprint density at radius 2 is 2.05 bits per heavy atom. The van der Waals surface area contributed by atoms with Crippen molar-refractivity contribution in [3.63, 3.8) is 0 Å². The fourth-order valence-corrected chi connectivity index (χ4v) is 5.06. The zero-order valence-electron chi connectivity index (χ0n) is 21.5. The first-order valence-corrected chi connectivity index (χ1v) is 12.7. The zero-order valence-corrected chi connectivity index (χ0v) is 21.5. The summed E-state index contributed by atoms with van der Waals surface area (Å²) in [6.45, 7) is 12.3. The van der Waals surface area contributed by atoms with Crippen LogP contribution in [0.15, 0.2) is 46.4 Å². The SMILES string of the molecule is C=CCn1c2nc(Nc3cc(N)c(-c4nc(C5(CC)CCNCC5)no4)cn3)ccc2c(=O)n1C(C)C. The zero-order chi connectivity index (χ0) is 26.2. The first-order chi connectivity index (χ1) is 17.9. The van der Waals surface area contributed by atoms with Crippen LogP contribution in [0.4, 0.5) is 17.3 Å². The number of nitrogens with two attached hydrogens (primary N) is 1. The minimum Gasteiger partial charge on any atom is -0.398 e. The molecule has 0 aromatic carbocycles. The van der Waals surface area contributed by atoms with E-state index in [0.717, 1.165) is 38.2 Å². The van der Waals surface area contributed by atoms with E-state index in [4.69, 9.17) is 20.2 Å². The third kappa shape index (κ3) is 4.39. The van der Waals surface area contributed by atoms with Gasteiger partial charge in [-0.3, -0.25) is 9.48 Å². The fourth-order valence-electron chi connectivity index (χ4n) is 5.06. The standard InChI is InChI=1S/C26H33N9O2/c1-5-13-34-22-17(24(36)35(34)16(3)4)7-8-20(31-22)30-21-14-19(27)18(15-29-21)23-32-25(33-37-23)26(6-2)9-11-28-12-10-26/h5,7-8,14-16,28H,1,6,9-13H2,2-4H3,(H3,27,29,30,31). The Balaban J connectivity index is 1.42. The number of pyridine rings is 2. The molecule has 0 aliphatic carbocycles. The molecule has 1 fully saturated rings. The molecule has 4 N–H and O–H groups in total. The maximum absolute atomic E-state index is 12.9. The highest BCUT2D eigenvalue weighted by molar-refractivity contribution is 5.78. The van der Waals surface area contributed by atoms with E-state index in [1.54, 1.807) is 35.2 Å². The molecule has 1 aliphatic heterocycles. The minimum atomic E-state index is -0.0814. The van der Waals surface area contributed by atoms with Gasteiger partial charge in [0.25, 0.3) is 11.4 Å². The van der Waals surface area contributed by atoms with E-state index in [1.165, 1.54) is 0 Å². The number of piperidine rings is 1.